The molecular formula is C21H22BrN3O2. The topological polar surface area (TPSA) is 48.7 Å². The van der Waals surface area contributed by atoms with E-state index in [-0.39, 0.29) is 5.91 Å². The summed E-state index contributed by atoms with van der Waals surface area (Å²) in [6.07, 6.45) is 0. The van der Waals surface area contributed by atoms with Gasteiger partial charge in [-0.05, 0) is 55.1 Å². The van der Waals surface area contributed by atoms with E-state index in [0.29, 0.717) is 11.3 Å². The summed E-state index contributed by atoms with van der Waals surface area (Å²) in [5.41, 5.74) is 2.65. The van der Waals surface area contributed by atoms with Gasteiger partial charge >= 0.3 is 0 Å². The van der Waals surface area contributed by atoms with Gasteiger partial charge in [0.25, 0.3) is 5.91 Å². The van der Waals surface area contributed by atoms with Gasteiger partial charge in [0.1, 0.15) is 5.58 Å². The summed E-state index contributed by atoms with van der Waals surface area (Å²) < 4.78 is 6.61. The summed E-state index contributed by atoms with van der Waals surface area (Å²) in [5, 5.41) is 3.81. The van der Waals surface area contributed by atoms with Crippen molar-refractivity contribution < 1.29 is 9.21 Å². The summed E-state index contributed by atoms with van der Waals surface area (Å²) in [7, 11) is 0. The molecule has 4 rings (SSSR count). The Morgan fingerprint density at radius 2 is 1.81 bits per heavy atom. The number of nitrogens with one attached hydrogen (secondary N) is 1. The van der Waals surface area contributed by atoms with Crippen LogP contribution in [0.1, 0.15) is 17.5 Å². The Kier molecular flexibility index (Phi) is 5.18. The van der Waals surface area contributed by atoms with Crippen molar-refractivity contribution in [3.05, 3.63) is 58.8 Å². The van der Waals surface area contributed by atoms with Gasteiger partial charge in [-0.25, -0.2) is 0 Å². The molecule has 2 heterocycles. The highest BCUT2D eigenvalue weighted by atomic mass is 79.9. The van der Waals surface area contributed by atoms with E-state index in [1.807, 2.05) is 30.3 Å². The maximum absolute atomic E-state index is 12.5. The first kappa shape index (κ1) is 18.1. The number of rotatable bonds is 4. The average Bonchev–Trinajstić information content (AvgIpc) is 3.12. The SMILES string of the molecule is CCN1CCN(c2ccc(NC(=O)c3cc4cc(Br)ccc4o3)cc2)CC1. The van der Waals surface area contributed by atoms with Crippen molar-refractivity contribution in [3.8, 4) is 0 Å². The van der Waals surface area contributed by atoms with E-state index in [0.717, 1.165) is 48.3 Å². The van der Waals surface area contributed by atoms with Crippen LogP contribution >= 0.6 is 15.9 Å². The molecule has 0 atom stereocenters. The van der Waals surface area contributed by atoms with Crippen LogP contribution in [0.5, 0.6) is 0 Å². The van der Waals surface area contributed by atoms with Crippen LogP contribution < -0.4 is 10.2 Å². The van der Waals surface area contributed by atoms with Crippen LogP contribution in [-0.2, 0) is 0 Å². The molecule has 0 saturated carbocycles. The minimum absolute atomic E-state index is 0.244. The van der Waals surface area contributed by atoms with Crippen molar-refractivity contribution in [1.29, 1.82) is 0 Å². The Labute approximate surface area is 167 Å². The number of carbonyl (C=O) groups is 1. The molecule has 1 saturated heterocycles. The first-order chi connectivity index (χ1) is 13.1. The number of piperazine rings is 1. The molecule has 1 N–H and O–H groups in total. The van der Waals surface area contributed by atoms with Crippen LogP contribution in [0.3, 0.4) is 0 Å². The van der Waals surface area contributed by atoms with Gasteiger partial charge in [-0.2, -0.15) is 0 Å². The zero-order chi connectivity index (χ0) is 18.8. The Bertz CT molecular complexity index is 944. The fourth-order valence-electron chi connectivity index (χ4n) is 3.40. The van der Waals surface area contributed by atoms with Crippen LogP contribution in [0, 0.1) is 0 Å². The van der Waals surface area contributed by atoms with E-state index in [1.165, 1.54) is 5.69 Å². The van der Waals surface area contributed by atoms with Gasteiger partial charge in [-0.3, -0.25) is 4.79 Å². The van der Waals surface area contributed by atoms with E-state index in [4.69, 9.17) is 4.42 Å². The highest BCUT2D eigenvalue weighted by Crippen LogP contribution is 2.24. The molecule has 1 aliphatic rings. The molecule has 6 heteroatoms. The Morgan fingerprint density at radius 1 is 1.07 bits per heavy atom. The quantitative estimate of drug-likeness (QED) is 0.661. The molecular weight excluding hydrogens is 406 g/mol. The number of carbonyl (C=O) groups excluding carboxylic acids is 1. The first-order valence-corrected chi connectivity index (χ1v) is 9.99. The van der Waals surface area contributed by atoms with E-state index >= 15 is 0 Å². The van der Waals surface area contributed by atoms with Crippen LogP contribution in [0.2, 0.25) is 0 Å². The summed E-state index contributed by atoms with van der Waals surface area (Å²) in [5.74, 6) is 0.0643. The highest BCUT2D eigenvalue weighted by Gasteiger charge is 2.16. The lowest BCUT2D eigenvalue weighted by Crippen LogP contribution is -2.46. The summed E-state index contributed by atoms with van der Waals surface area (Å²) in [4.78, 5) is 17.3. The van der Waals surface area contributed by atoms with Gasteiger partial charge in [-0.1, -0.05) is 22.9 Å². The largest absolute Gasteiger partial charge is 0.451 e. The van der Waals surface area contributed by atoms with Crippen LogP contribution in [0.4, 0.5) is 11.4 Å². The maximum Gasteiger partial charge on any atom is 0.291 e. The molecule has 5 nitrogen and oxygen atoms in total. The molecule has 27 heavy (non-hydrogen) atoms. The standard InChI is InChI=1S/C21H22BrN3O2/c1-2-24-9-11-25(12-10-24)18-6-4-17(5-7-18)23-21(26)20-14-15-13-16(22)3-8-19(15)27-20/h3-8,13-14H,2,9-12H2,1H3,(H,23,26). The third kappa shape index (κ3) is 4.01. The molecule has 3 aromatic rings. The average molecular weight is 428 g/mol. The third-order valence-electron chi connectivity index (χ3n) is 5.01. The molecule has 2 aromatic carbocycles. The van der Waals surface area contributed by atoms with Crippen LogP contribution in [-0.4, -0.2) is 43.5 Å². The van der Waals surface area contributed by atoms with Gasteiger partial charge < -0.3 is 19.5 Å². The molecule has 1 aliphatic heterocycles. The minimum Gasteiger partial charge on any atom is -0.451 e. The molecule has 0 unspecified atom stereocenters. The molecule has 1 aromatic heterocycles. The fraction of sp³-hybridized carbons (Fsp3) is 0.286. The summed E-state index contributed by atoms with van der Waals surface area (Å²) >= 11 is 3.43. The first-order valence-electron chi connectivity index (χ1n) is 9.20. The number of anilines is 2. The molecule has 0 spiro atoms. The van der Waals surface area contributed by atoms with Crippen LogP contribution in [0.15, 0.2) is 57.4 Å². The minimum atomic E-state index is -0.244. The van der Waals surface area contributed by atoms with E-state index in [1.54, 1.807) is 6.07 Å². The van der Waals surface area contributed by atoms with Gasteiger partial charge in [0.2, 0.25) is 0 Å². The normalized spacial score (nSPS) is 15.3. The van der Waals surface area contributed by atoms with Crippen molar-refractivity contribution in [2.24, 2.45) is 0 Å². The van der Waals surface area contributed by atoms with Gasteiger partial charge in [0, 0.05) is 47.4 Å². The number of hydrogen-bond acceptors (Lipinski definition) is 4. The Morgan fingerprint density at radius 3 is 2.52 bits per heavy atom. The van der Waals surface area contributed by atoms with Gasteiger partial charge in [-0.15, -0.1) is 0 Å². The lowest BCUT2D eigenvalue weighted by atomic mass is 10.2. The van der Waals surface area contributed by atoms with Gasteiger partial charge in [0.15, 0.2) is 5.76 Å². The zero-order valence-corrected chi connectivity index (χ0v) is 16.8. The number of benzene rings is 2. The predicted molar refractivity (Wildman–Crippen MR) is 113 cm³/mol. The van der Waals surface area contributed by atoms with Crippen molar-refractivity contribution in [3.63, 3.8) is 0 Å². The highest BCUT2D eigenvalue weighted by molar-refractivity contribution is 9.10. The van der Waals surface area contributed by atoms with Gasteiger partial charge in [0.05, 0.1) is 0 Å². The van der Waals surface area contributed by atoms with Crippen molar-refractivity contribution in [1.82, 2.24) is 4.90 Å². The summed E-state index contributed by atoms with van der Waals surface area (Å²) in [6.45, 7) is 7.57. The monoisotopic (exact) mass is 427 g/mol. The molecule has 140 valence electrons. The summed E-state index contributed by atoms with van der Waals surface area (Å²) in [6, 6.07) is 15.5. The maximum atomic E-state index is 12.5. The second kappa shape index (κ2) is 7.74. The van der Waals surface area contributed by atoms with E-state index in [2.05, 4.69) is 50.1 Å². The van der Waals surface area contributed by atoms with Crippen LogP contribution in [0.25, 0.3) is 11.0 Å². The number of halogens is 1. The number of fused-ring (bicyclic) bond motifs is 1. The fourth-order valence-corrected chi connectivity index (χ4v) is 3.78. The van der Waals surface area contributed by atoms with E-state index in [9.17, 15) is 4.79 Å². The second-order valence-electron chi connectivity index (χ2n) is 6.72. The molecule has 0 bridgehead atoms. The Hall–Kier alpha value is -2.31. The molecule has 1 amide bonds. The lowest BCUT2D eigenvalue weighted by Gasteiger charge is -2.35. The molecule has 0 aliphatic carbocycles. The van der Waals surface area contributed by atoms with Crippen molar-refractivity contribution in [2.45, 2.75) is 6.92 Å². The number of likely N-dealkylation sites (N-methyl/N-ethyl adjacent to an activating group) is 1. The second-order valence-corrected chi connectivity index (χ2v) is 7.63. The van der Waals surface area contributed by atoms with Crippen molar-refractivity contribution >= 4 is 44.2 Å². The number of hydrogen-bond donors (Lipinski definition) is 1. The number of amides is 1. The smallest absolute Gasteiger partial charge is 0.291 e. The predicted octanol–water partition coefficient (Wildman–Crippen LogP) is 4.59. The molecule has 0 radical (unpaired) electrons. The zero-order valence-electron chi connectivity index (χ0n) is 15.2. The third-order valence-corrected chi connectivity index (χ3v) is 5.51. The Balaban J connectivity index is 1.42. The molecule has 1 fully saturated rings. The number of furan rings is 1. The van der Waals surface area contributed by atoms with E-state index < -0.39 is 0 Å². The number of nitrogens with zero attached hydrogens (tertiary/aromatic N) is 2. The lowest BCUT2D eigenvalue weighted by molar-refractivity contribution is 0.0998. The van der Waals surface area contributed by atoms with Crippen molar-refractivity contribution in [2.75, 3.05) is 42.9 Å².